The van der Waals surface area contributed by atoms with E-state index >= 15 is 0 Å². The molecular weight excluding hydrogens is 589 g/mol. The van der Waals surface area contributed by atoms with Gasteiger partial charge in [0.15, 0.2) is 0 Å². The highest BCUT2D eigenvalue weighted by Gasteiger charge is 2.23. The number of carbonyl (C=O) groups is 1. The van der Waals surface area contributed by atoms with Gasteiger partial charge in [0.1, 0.15) is 5.69 Å². The number of nitrogens with zero attached hydrogens (tertiary/aromatic N) is 4. The first-order valence-electron chi connectivity index (χ1n) is 11.6. The third-order valence-corrected chi connectivity index (χ3v) is 8.51. The van der Waals surface area contributed by atoms with E-state index in [0.717, 1.165) is 31.2 Å². The van der Waals surface area contributed by atoms with Gasteiger partial charge in [-0.3, -0.25) is 9.48 Å². The van der Waals surface area contributed by atoms with E-state index in [9.17, 15) is 13.2 Å². The van der Waals surface area contributed by atoms with Gasteiger partial charge in [0.05, 0.1) is 17.6 Å². The van der Waals surface area contributed by atoms with Gasteiger partial charge in [-0.05, 0) is 68.0 Å². The second kappa shape index (κ2) is 12.0. The molecule has 4 rings (SSSR count). The van der Waals surface area contributed by atoms with Crippen molar-refractivity contribution in [2.45, 2.75) is 37.1 Å². The van der Waals surface area contributed by atoms with Gasteiger partial charge in [-0.1, -0.05) is 50.4 Å². The van der Waals surface area contributed by atoms with Crippen molar-refractivity contribution in [1.82, 2.24) is 24.6 Å². The number of rotatable bonds is 8. The summed E-state index contributed by atoms with van der Waals surface area (Å²) in [5.74, 6) is 0.227. The van der Waals surface area contributed by atoms with Gasteiger partial charge in [0.25, 0.3) is 0 Å². The van der Waals surface area contributed by atoms with Gasteiger partial charge >= 0.3 is 0 Å². The number of nitrogens with one attached hydrogen (secondary N) is 1. The summed E-state index contributed by atoms with van der Waals surface area (Å²) >= 11 is 15.5. The number of amides is 1. The fraction of sp³-hybridized carbons (Fsp3) is 0.375. The average molecular weight is 615 g/mol. The number of hydrogen-bond donors (Lipinski definition) is 1. The zero-order valence-corrected chi connectivity index (χ0v) is 23.3. The molecule has 0 bridgehead atoms. The summed E-state index contributed by atoms with van der Waals surface area (Å²) in [5, 5.41) is 9.56. The SMILES string of the molecule is O=C(CNS(=O)(=O)c1cccc(Br)c1)N1CCCC(CCn2cc(-c3cc(Cl)cc(Cl)c3)nn2)CC1. The van der Waals surface area contributed by atoms with Crippen molar-refractivity contribution in [2.24, 2.45) is 5.92 Å². The number of hydrogen-bond acceptors (Lipinski definition) is 5. The van der Waals surface area contributed by atoms with Crippen molar-refractivity contribution in [1.29, 1.82) is 0 Å². The fourth-order valence-electron chi connectivity index (χ4n) is 4.25. The molecule has 0 saturated carbocycles. The molecule has 36 heavy (non-hydrogen) atoms. The second-order valence-corrected chi connectivity index (χ2v) is 12.3. The molecule has 0 aliphatic carbocycles. The Morgan fingerprint density at radius 2 is 1.89 bits per heavy atom. The Labute approximate surface area is 229 Å². The first-order chi connectivity index (χ1) is 17.2. The van der Waals surface area contributed by atoms with Gasteiger partial charge < -0.3 is 4.90 Å². The molecular formula is C24H26BrCl2N5O3S. The van der Waals surface area contributed by atoms with E-state index in [-0.39, 0.29) is 17.3 Å². The van der Waals surface area contributed by atoms with Crippen molar-refractivity contribution in [3.8, 4) is 11.3 Å². The van der Waals surface area contributed by atoms with Crippen LogP contribution in [0, 0.1) is 5.92 Å². The minimum atomic E-state index is -3.76. The molecule has 1 N–H and O–H groups in total. The molecule has 12 heteroatoms. The third kappa shape index (κ3) is 7.29. The topological polar surface area (TPSA) is 97.2 Å². The van der Waals surface area contributed by atoms with Gasteiger partial charge in [0, 0.05) is 39.7 Å². The first-order valence-corrected chi connectivity index (χ1v) is 14.6. The highest BCUT2D eigenvalue weighted by molar-refractivity contribution is 9.10. The summed E-state index contributed by atoms with van der Waals surface area (Å²) in [4.78, 5) is 14.6. The monoisotopic (exact) mass is 613 g/mol. The lowest BCUT2D eigenvalue weighted by atomic mass is 9.97. The smallest absolute Gasteiger partial charge is 0.241 e. The van der Waals surface area contributed by atoms with Crippen molar-refractivity contribution in [3.05, 3.63) is 63.2 Å². The zero-order chi connectivity index (χ0) is 25.7. The number of likely N-dealkylation sites (tertiary alicyclic amines) is 1. The van der Waals surface area contributed by atoms with E-state index in [0.29, 0.717) is 45.8 Å². The van der Waals surface area contributed by atoms with Crippen LogP contribution in [0.3, 0.4) is 0 Å². The van der Waals surface area contributed by atoms with Crippen molar-refractivity contribution in [2.75, 3.05) is 19.6 Å². The Bertz CT molecular complexity index is 1310. The van der Waals surface area contributed by atoms with Gasteiger partial charge in [-0.2, -0.15) is 0 Å². The number of aryl methyl sites for hydroxylation is 1. The molecule has 2 aromatic carbocycles. The van der Waals surface area contributed by atoms with Crippen LogP contribution in [-0.2, 0) is 21.4 Å². The average Bonchev–Trinajstić information content (AvgIpc) is 3.18. The lowest BCUT2D eigenvalue weighted by Gasteiger charge is -2.21. The fourth-order valence-corrected chi connectivity index (χ4v) is 6.34. The standard InChI is InChI=1S/C24H26BrCl2N5O3S/c25-19-4-1-5-22(13-19)36(34,35)28-15-24(33)31-8-2-3-17(6-9-31)7-10-32-16-23(29-30-32)18-11-20(26)14-21(27)12-18/h1,4-5,11-14,16-17,28H,2-3,6-10,15H2. The van der Waals surface area contributed by atoms with Crippen LogP contribution in [0.2, 0.25) is 10.0 Å². The van der Waals surface area contributed by atoms with E-state index in [1.807, 2.05) is 10.9 Å². The van der Waals surface area contributed by atoms with Crippen LogP contribution in [0.25, 0.3) is 11.3 Å². The summed E-state index contributed by atoms with van der Waals surface area (Å²) < 4.78 is 29.9. The second-order valence-electron chi connectivity index (χ2n) is 8.77. The van der Waals surface area contributed by atoms with Gasteiger partial charge in [0.2, 0.25) is 15.9 Å². The molecule has 0 spiro atoms. The minimum Gasteiger partial charge on any atom is -0.342 e. The van der Waals surface area contributed by atoms with Crippen LogP contribution < -0.4 is 4.72 Å². The summed E-state index contributed by atoms with van der Waals surface area (Å²) in [6, 6.07) is 11.7. The Morgan fingerprint density at radius 1 is 1.11 bits per heavy atom. The van der Waals surface area contributed by atoms with Crippen LogP contribution in [0.1, 0.15) is 25.7 Å². The molecule has 2 heterocycles. The lowest BCUT2D eigenvalue weighted by Crippen LogP contribution is -2.40. The molecule has 1 fully saturated rings. The highest BCUT2D eigenvalue weighted by Crippen LogP contribution is 2.26. The largest absolute Gasteiger partial charge is 0.342 e. The molecule has 1 atom stereocenters. The number of sulfonamides is 1. The van der Waals surface area contributed by atoms with Gasteiger partial charge in [-0.25, -0.2) is 13.1 Å². The Hall–Kier alpha value is -1.98. The van der Waals surface area contributed by atoms with E-state index in [1.54, 1.807) is 35.2 Å². The molecule has 3 aromatic rings. The van der Waals surface area contributed by atoms with Crippen LogP contribution in [0.5, 0.6) is 0 Å². The predicted octanol–water partition coefficient (Wildman–Crippen LogP) is 5.01. The maximum absolute atomic E-state index is 12.7. The summed E-state index contributed by atoms with van der Waals surface area (Å²) in [6.45, 7) is 1.68. The number of carbonyl (C=O) groups excluding carboxylic acids is 1. The van der Waals surface area contributed by atoms with E-state index in [1.165, 1.54) is 12.1 Å². The van der Waals surface area contributed by atoms with Crippen LogP contribution in [0.4, 0.5) is 0 Å². The molecule has 1 amide bonds. The van der Waals surface area contributed by atoms with Crippen molar-refractivity contribution in [3.63, 3.8) is 0 Å². The first kappa shape index (κ1) is 27.1. The Morgan fingerprint density at radius 3 is 2.64 bits per heavy atom. The Kier molecular flexibility index (Phi) is 9.05. The molecule has 1 aliphatic heterocycles. The van der Waals surface area contributed by atoms with Crippen molar-refractivity contribution >= 4 is 55.1 Å². The maximum atomic E-state index is 12.7. The molecule has 1 saturated heterocycles. The zero-order valence-electron chi connectivity index (χ0n) is 19.4. The molecule has 192 valence electrons. The lowest BCUT2D eigenvalue weighted by molar-refractivity contribution is -0.129. The quantitative estimate of drug-likeness (QED) is 0.385. The van der Waals surface area contributed by atoms with E-state index in [4.69, 9.17) is 23.2 Å². The molecule has 1 unspecified atom stereocenters. The summed E-state index contributed by atoms with van der Waals surface area (Å²) in [6.07, 6.45) is 5.52. The predicted molar refractivity (Wildman–Crippen MR) is 143 cm³/mol. The highest BCUT2D eigenvalue weighted by atomic mass is 79.9. The molecule has 1 aliphatic rings. The van der Waals surface area contributed by atoms with Crippen LogP contribution in [-0.4, -0.2) is 53.9 Å². The van der Waals surface area contributed by atoms with Crippen molar-refractivity contribution < 1.29 is 13.2 Å². The summed E-state index contributed by atoms with van der Waals surface area (Å²) in [7, 11) is -3.76. The number of benzene rings is 2. The summed E-state index contributed by atoms with van der Waals surface area (Å²) in [5.41, 5.74) is 1.53. The maximum Gasteiger partial charge on any atom is 0.241 e. The third-order valence-electron chi connectivity index (χ3n) is 6.18. The van der Waals surface area contributed by atoms with Gasteiger partial charge in [-0.15, -0.1) is 5.10 Å². The normalized spacial score (nSPS) is 16.6. The van der Waals surface area contributed by atoms with Crippen LogP contribution >= 0.6 is 39.1 Å². The number of halogens is 3. The molecule has 8 nitrogen and oxygen atoms in total. The molecule has 0 radical (unpaired) electrons. The number of aromatic nitrogens is 3. The Balaban J connectivity index is 1.26. The van der Waals surface area contributed by atoms with E-state index in [2.05, 4.69) is 31.0 Å². The van der Waals surface area contributed by atoms with E-state index < -0.39 is 10.0 Å². The van der Waals surface area contributed by atoms with Crippen LogP contribution in [0.15, 0.2) is 58.0 Å². The molecule has 1 aromatic heterocycles. The minimum absolute atomic E-state index is 0.121.